The summed E-state index contributed by atoms with van der Waals surface area (Å²) < 4.78 is 13.8. The normalized spacial score (nSPS) is 14.2. The van der Waals surface area contributed by atoms with E-state index in [1.54, 1.807) is 0 Å². The minimum atomic E-state index is -0.906. The van der Waals surface area contributed by atoms with Gasteiger partial charge in [-0.1, -0.05) is 0 Å². The molecule has 0 fully saturated rings. The molecule has 2 atom stereocenters. The number of rotatable bonds is 4. The molecule has 0 aliphatic carbocycles. The lowest BCUT2D eigenvalue weighted by molar-refractivity contribution is 0.0577. The van der Waals surface area contributed by atoms with E-state index in [0.717, 1.165) is 0 Å². The Labute approximate surface area is 48.4 Å². The molecule has 0 saturated heterocycles. The van der Waals surface area contributed by atoms with E-state index in [4.69, 9.17) is 10.2 Å². The van der Waals surface area contributed by atoms with Gasteiger partial charge in [0.25, 0.3) is 0 Å². The summed E-state index contributed by atoms with van der Waals surface area (Å²) in [5.41, 5.74) is 0. The summed E-state index contributed by atoms with van der Waals surface area (Å²) in [7, 11) is -0.868. The van der Waals surface area contributed by atoms with E-state index < -0.39 is 14.8 Å². The maximum Gasteiger partial charge on any atom is 0.494 e. The molecule has 4 nitrogen and oxygen atoms in total. The van der Waals surface area contributed by atoms with Gasteiger partial charge in [-0.25, -0.2) is 0 Å². The molecule has 8 heavy (non-hydrogen) atoms. The average molecular weight is 139 g/mol. The van der Waals surface area contributed by atoms with Gasteiger partial charge in [0.2, 0.25) is 0 Å². The topological polar surface area (TPSA) is 66.8 Å². The first-order chi connectivity index (χ1) is 3.81. The van der Waals surface area contributed by atoms with Gasteiger partial charge in [0.1, 0.15) is 12.7 Å². The van der Waals surface area contributed by atoms with Crippen LogP contribution in [0.4, 0.5) is 0 Å². The van der Waals surface area contributed by atoms with Crippen molar-refractivity contribution in [3.8, 4) is 0 Å². The third-order valence-corrected chi connectivity index (χ3v) is 0.830. The molecule has 0 rings (SSSR count). The van der Waals surface area contributed by atoms with Crippen molar-refractivity contribution in [2.75, 3.05) is 13.2 Å². The Hall–Kier alpha value is -0.0200. The highest BCUT2D eigenvalue weighted by molar-refractivity contribution is 7.17. The van der Waals surface area contributed by atoms with E-state index in [1.807, 2.05) is 0 Å². The molecule has 0 spiro atoms. The van der Waals surface area contributed by atoms with Crippen molar-refractivity contribution in [2.24, 2.45) is 0 Å². The predicted molar refractivity (Wildman–Crippen MR) is 28.0 cm³/mol. The molecule has 0 aromatic rings. The van der Waals surface area contributed by atoms with Crippen LogP contribution in [0.25, 0.3) is 0 Å². The van der Waals surface area contributed by atoms with Gasteiger partial charge in [-0.2, -0.15) is 0 Å². The molecule has 2 N–H and O–H groups in total. The second-order valence-corrected chi connectivity index (χ2v) is 1.69. The standard InChI is InChI=1S/C3H8O4P/c4-1-3(5)2-7-8-6/h3-5,8H,1-2H2/q+1. The molecule has 0 aromatic heterocycles. The van der Waals surface area contributed by atoms with E-state index in [2.05, 4.69) is 4.52 Å². The second-order valence-electron chi connectivity index (χ2n) is 1.23. The van der Waals surface area contributed by atoms with E-state index >= 15 is 0 Å². The first-order valence-corrected chi connectivity index (χ1v) is 2.90. The first kappa shape index (κ1) is 7.98. The summed E-state index contributed by atoms with van der Waals surface area (Å²) in [5, 5.41) is 16.6. The van der Waals surface area contributed by atoms with Crippen LogP contribution in [0.5, 0.6) is 0 Å². The Morgan fingerprint density at radius 1 is 1.75 bits per heavy atom. The summed E-state index contributed by atoms with van der Waals surface area (Å²) in [6.07, 6.45) is -0.906. The molecular formula is C3H8O4P+. The lowest BCUT2D eigenvalue weighted by Crippen LogP contribution is -2.16. The molecule has 0 saturated carbocycles. The summed E-state index contributed by atoms with van der Waals surface area (Å²) in [4.78, 5) is 0. The zero-order chi connectivity index (χ0) is 6.41. The van der Waals surface area contributed by atoms with Crippen LogP contribution in [-0.2, 0) is 9.09 Å². The Bertz CT molecular complexity index is 66.3. The first-order valence-electron chi connectivity index (χ1n) is 2.09. The van der Waals surface area contributed by atoms with Gasteiger partial charge in [0.15, 0.2) is 0 Å². The van der Waals surface area contributed by atoms with E-state index in [0.29, 0.717) is 0 Å². The lowest BCUT2D eigenvalue weighted by atomic mass is 10.4. The fraction of sp³-hybridized carbons (Fsp3) is 1.00. The van der Waals surface area contributed by atoms with Crippen molar-refractivity contribution in [3.05, 3.63) is 0 Å². The Morgan fingerprint density at radius 2 is 2.38 bits per heavy atom. The zero-order valence-corrected chi connectivity index (χ0v) is 5.20. The Kier molecular flexibility index (Phi) is 5.11. The summed E-state index contributed by atoms with van der Waals surface area (Å²) in [6.45, 7) is -0.428. The largest absolute Gasteiger partial charge is 0.494 e. The zero-order valence-electron chi connectivity index (χ0n) is 4.20. The van der Waals surface area contributed by atoms with Crippen molar-refractivity contribution < 1.29 is 19.3 Å². The molecular weight excluding hydrogens is 131 g/mol. The molecule has 0 aliphatic rings. The molecule has 0 radical (unpaired) electrons. The number of aliphatic hydroxyl groups is 2. The van der Waals surface area contributed by atoms with E-state index in [-0.39, 0.29) is 13.2 Å². The van der Waals surface area contributed by atoms with Gasteiger partial charge in [-0.05, 0) is 4.57 Å². The van der Waals surface area contributed by atoms with Crippen LogP contribution >= 0.6 is 8.69 Å². The number of hydrogen-bond donors (Lipinski definition) is 2. The second kappa shape index (κ2) is 5.12. The van der Waals surface area contributed by atoms with E-state index in [9.17, 15) is 4.57 Å². The van der Waals surface area contributed by atoms with Gasteiger partial charge < -0.3 is 10.2 Å². The molecule has 2 unspecified atom stereocenters. The maximum atomic E-state index is 9.56. The third kappa shape index (κ3) is 4.15. The smallest absolute Gasteiger partial charge is 0.394 e. The molecule has 0 aliphatic heterocycles. The molecule has 48 valence electrons. The molecule has 0 heterocycles. The minimum Gasteiger partial charge on any atom is -0.394 e. The quantitative estimate of drug-likeness (QED) is 0.505. The van der Waals surface area contributed by atoms with Crippen molar-refractivity contribution in [1.82, 2.24) is 0 Å². The van der Waals surface area contributed by atoms with Crippen molar-refractivity contribution in [2.45, 2.75) is 6.10 Å². The van der Waals surface area contributed by atoms with Crippen LogP contribution in [0.2, 0.25) is 0 Å². The van der Waals surface area contributed by atoms with Gasteiger partial charge in [0.05, 0.1) is 6.61 Å². The lowest BCUT2D eigenvalue weighted by Gasteiger charge is -1.97. The van der Waals surface area contributed by atoms with Crippen molar-refractivity contribution >= 4 is 8.69 Å². The van der Waals surface area contributed by atoms with Crippen LogP contribution < -0.4 is 0 Å². The molecule has 5 heteroatoms. The van der Waals surface area contributed by atoms with Gasteiger partial charge in [-0.15, -0.1) is 4.52 Å². The Balaban J connectivity index is 2.97. The van der Waals surface area contributed by atoms with E-state index in [1.165, 1.54) is 0 Å². The average Bonchev–Trinajstić information content (AvgIpc) is 1.83. The fourth-order valence-corrected chi connectivity index (χ4v) is 0.443. The highest BCUT2D eigenvalue weighted by Gasteiger charge is 2.03. The van der Waals surface area contributed by atoms with Crippen LogP contribution in [0.1, 0.15) is 0 Å². The van der Waals surface area contributed by atoms with Crippen LogP contribution in [0, 0.1) is 0 Å². The van der Waals surface area contributed by atoms with Crippen LogP contribution in [0.3, 0.4) is 0 Å². The fourth-order valence-electron chi connectivity index (χ4n) is 0.183. The van der Waals surface area contributed by atoms with Crippen LogP contribution in [-0.4, -0.2) is 29.5 Å². The predicted octanol–water partition coefficient (Wildman–Crippen LogP) is -0.705. The number of hydrogen-bond acceptors (Lipinski definition) is 4. The van der Waals surface area contributed by atoms with Crippen molar-refractivity contribution in [3.63, 3.8) is 0 Å². The summed E-state index contributed by atoms with van der Waals surface area (Å²) >= 11 is 0. The minimum absolute atomic E-state index is 0.0710. The molecule has 0 amide bonds. The SMILES string of the molecule is O=[PH+]OCC(O)CO. The van der Waals surface area contributed by atoms with Gasteiger partial charge in [0, 0.05) is 0 Å². The van der Waals surface area contributed by atoms with Crippen molar-refractivity contribution in [1.29, 1.82) is 0 Å². The molecule has 0 bridgehead atoms. The highest BCUT2D eigenvalue weighted by atomic mass is 31.1. The van der Waals surface area contributed by atoms with Gasteiger partial charge >= 0.3 is 8.69 Å². The van der Waals surface area contributed by atoms with Crippen LogP contribution in [0.15, 0.2) is 0 Å². The maximum absolute atomic E-state index is 9.56. The third-order valence-electron chi connectivity index (χ3n) is 0.545. The summed E-state index contributed by atoms with van der Waals surface area (Å²) in [5.74, 6) is 0. The van der Waals surface area contributed by atoms with Gasteiger partial charge in [-0.3, -0.25) is 0 Å². The highest BCUT2D eigenvalue weighted by Crippen LogP contribution is 1.94. The Morgan fingerprint density at radius 3 is 2.75 bits per heavy atom. The monoisotopic (exact) mass is 139 g/mol. The number of aliphatic hydroxyl groups excluding tert-OH is 2. The molecule has 0 aromatic carbocycles. The summed E-state index contributed by atoms with van der Waals surface area (Å²) in [6, 6.07) is 0.